The van der Waals surface area contributed by atoms with E-state index >= 15 is 0 Å². The summed E-state index contributed by atoms with van der Waals surface area (Å²) >= 11 is 0. The lowest BCUT2D eigenvalue weighted by Crippen LogP contribution is -2.04. The van der Waals surface area contributed by atoms with Gasteiger partial charge in [0.05, 0.1) is 20.8 Å². The van der Waals surface area contributed by atoms with E-state index < -0.39 is 47.7 Å². The van der Waals surface area contributed by atoms with Gasteiger partial charge in [0.2, 0.25) is 5.82 Å². The van der Waals surface area contributed by atoms with Crippen molar-refractivity contribution in [3.8, 4) is 0 Å². The number of hydrogen-bond acceptors (Lipinski definition) is 7. The lowest BCUT2D eigenvalue weighted by atomic mass is 10.2. The molecule has 0 aliphatic carbocycles. The van der Waals surface area contributed by atoms with Crippen LogP contribution in [0.1, 0.15) is 5.56 Å². The first-order valence-corrected chi connectivity index (χ1v) is 7.92. The highest BCUT2D eigenvalue weighted by Gasteiger charge is 2.25. The zero-order valence-corrected chi connectivity index (χ0v) is 13.3. The summed E-state index contributed by atoms with van der Waals surface area (Å²) in [5, 5.41) is 24.2. The van der Waals surface area contributed by atoms with Crippen LogP contribution in [0, 0.1) is 33.0 Å². The molecular weight excluding hydrogens is 361 g/mol. The highest BCUT2D eigenvalue weighted by atomic mass is 32.2. The van der Waals surface area contributed by atoms with E-state index in [4.69, 9.17) is 4.55 Å². The largest absolute Gasteiger partial charge is 0.350 e. The summed E-state index contributed by atoms with van der Waals surface area (Å²) in [5.74, 6) is -1.31. The highest BCUT2D eigenvalue weighted by Crippen LogP contribution is 2.34. The average Bonchev–Trinajstić information content (AvgIpc) is 2.47. The Hall–Kier alpha value is -3.12. The third-order valence-corrected chi connectivity index (χ3v) is 4.20. The minimum absolute atomic E-state index is 0.00502. The third-order valence-electron chi connectivity index (χ3n) is 3.20. The topological polar surface area (TPSA) is 153 Å². The van der Waals surface area contributed by atoms with E-state index in [0.29, 0.717) is 12.1 Å². The lowest BCUT2D eigenvalue weighted by Gasteiger charge is -2.10. The van der Waals surface area contributed by atoms with Crippen molar-refractivity contribution in [2.45, 2.75) is 11.8 Å². The Morgan fingerprint density at radius 3 is 2.20 bits per heavy atom. The molecule has 0 unspecified atom stereocenters. The van der Waals surface area contributed by atoms with E-state index in [0.717, 1.165) is 6.07 Å². The fraction of sp³-hybridized carbons (Fsp3) is 0.0769. The van der Waals surface area contributed by atoms with Gasteiger partial charge < -0.3 is 5.32 Å². The van der Waals surface area contributed by atoms with Crippen molar-refractivity contribution in [2.24, 2.45) is 0 Å². The normalized spacial score (nSPS) is 11.2. The van der Waals surface area contributed by atoms with Gasteiger partial charge in [-0.1, -0.05) is 6.07 Å². The van der Waals surface area contributed by atoms with Gasteiger partial charge in [-0.05, 0) is 24.6 Å². The minimum atomic E-state index is -4.54. The van der Waals surface area contributed by atoms with Gasteiger partial charge in [-0.25, -0.2) is 0 Å². The maximum absolute atomic E-state index is 13.7. The van der Waals surface area contributed by atoms with Gasteiger partial charge in [0.1, 0.15) is 5.69 Å². The zero-order valence-electron chi connectivity index (χ0n) is 12.5. The number of hydrogen-bond donors (Lipinski definition) is 2. The van der Waals surface area contributed by atoms with Crippen LogP contribution in [0.2, 0.25) is 0 Å². The molecule has 132 valence electrons. The smallest absolute Gasteiger partial charge is 0.311 e. The maximum Gasteiger partial charge on any atom is 0.311 e. The predicted molar refractivity (Wildman–Crippen MR) is 84.0 cm³/mol. The second-order valence-electron chi connectivity index (χ2n) is 4.92. The van der Waals surface area contributed by atoms with Crippen molar-refractivity contribution < 1.29 is 27.2 Å². The van der Waals surface area contributed by atoms with Crippen LogP contribution < -0.4 is 5.32 Å². The monoisotopic (exact) mass is 371 g/mol. The molecule has 2 aromatic rings. The molecule has 0 saturated carbocycles. The van der Waals surface area contributed by atoms with Gasteiger partial charge >= 0.3 is 5.69 Å². The van der Waals surface area contributed by atoms with E-state index in [1.807, 2.05) is 0 Å². The molecule has 0 aliphatic heterocycles. The Balaban J connectivity index is 2.56. The molecule has 0 radical (unpaired) electrons. The van der Waals surface area contributed by atoms with Crippen LogP contribution in [0.5, 0.6) is 0 Å². The van der Waals surface area contributed by atoms with E-state index in [1.165, 1.54) is 19.1 Å². The Morgan fingerprint density at radius 2 is 1.68 bits per heavy atom. The molecule has 12 heteroatoms. The molecule has 0 saturated heterocycles. The number of benzene rings is 2. The first-order chi connectivity index (χ1) is 11.5. The number of nitro benzene ring substituents is 2. The molecule has 0 spiro atoms. The van der Waals surface area contributed by atoms with Gasteiger partial charge in [0.15, 0.2) is 0 Å². The number of aryl methyl sites for hydroxylation is 1. The van der Waals surface area contributed by atoms with E-state index in [-0.39, 0.29) is 11.3 Å². The molecule has 0 amide bonds. The molecule has 25 heavy (non-hydrogen) atoms. The maximum atomic E-state index is 13.7. The van der Waals surface area contributed by atoms with Crippen molar-refractivity contribution in [1.82, 2.24) is 0 Å². The van der Waals surface area contributed by atoms with Gasteiger partial charge in [-0.15, -0.1) is 0 Å². The number of nitro groups is 2. The molecule has 0 aliphatic rings. The summed E-state index contributed by atoms with van der Waals surface area (Å²) < 4.78 is 45.5. The van der Waals surface area contributed by atoms with E-state index in [1.54, 1.807) is 0 Å². The fourth-order valence-electron chi connectivity index (χ4n) is 2.05. The summed E-state index contributed by atoms with van der Waals surface area (Å²) in [6.07, 6.45) is 0. The first-order valence-electron chi connectivity index (χ1n) is 6.48. The third kappa shape index (κ3) is 3.87. The Morgan fingerprint density at radius 1 is 1.08 bits per heavy atom. The van der Waals surface area contributed by atoms with Crippen molar-refractivity contribution in [3.63, 3.8) is 0 Å². The number of anilines is 2. The van der Waals surface area contributed by atoms with Crippen molar-refractivity contribution in [1.29, 1.82) is 0 Å². The van der Waals surface area contributed by atoms with Crippen LogP contribution in [0.25, 0.3) is 0 Å². The van der Waals surface area contributed by atoms with Gasteiger partial charge in [0.25, 0.3) is 15.8 Å². The summed E-state index contributed by atoms with van der Waals surface area (Å²) in [6, 6.07) is 4.67. The highest BCUT2D eigenvalue weighted by molar-refractivity contribution is 7.85. The molecule has 0 aromatic heterocycles. The minimum Gasteiger partial charge on any atom is -0.350 e. The summed E-state index contributed by atoms with van der Waals surface area (Å²) in [5.41, 5.74) is -2.05. The number of nitrogens with zero attached hydrogens (tertiary/aromatic N) is 2. The summed E-state index contributed by atoms with van der Waals surface area (Å²) in [7, 11) is -4.54. The summed E-state index contributed by atoms with van der Waals surface area (Å²) in [4.78, 5) is 19.3. The predicted octanol–water partition coefficient (Wildman–Crippen LogP) is 2.94. The van der Waals surface area contributed by atoms with Crippen LogP contribution >= 0.6 is 0 Å². The second kappa shape index (κ2) is 6.41. The molecule has 0 bridgehead atoms. The Labute approximate surface area is 140 Å². The van der Waals surface area contributed by atoms with Gasteiger partial charge in [-0.2, -0.15) is 12.8 Å². The van der Waals surface area contributed by atoms with Crippen LogP contribution in [0.15, 0.2) is 35.2 Å². The van der Waals surface area contributed by atoms with Crippen molar-refractivity contribution >= 4 is 32.9 Å². The molecule has 0 heterocycles. The van der Waals surface area contributed by atoms with Crippen LogP contribution in [0.4, 0.5) is 27.1 Å². The van der Waals surface area contributed by atoms with Crippen LogP contribution in [0.3, 0.4) is 0 Å². The number of nitrogens with one attached hydrogen (secondary N) is 1. The average molecular weight is 371 g/mol. The number of halogens is 1. The van der Waals surface area contributed by atoms with Gasteiger partial charge in [0, 0.05) is 11.8 Å². The van der Waals surface area contributed by atoms with Crippen LogP contribution in [-0.4, -0.2) is 22.8 Å². The lowest BCUT2D eigenvalue weighted by molar-refractivity contribution is -0.395. The molecule has 10 nitrogen and oxygen atoms in total. The summed E-state index contributed by atoms with van der Waals surface area (Å²) in [6.45, 7) is 1.42. The standard InChI is InChI=1S/C13H10FN3O7S/c1-7-2-3-8(4-13(7)25(22,23)24)15-10-5-9(14)11(16(18)19)6-12(10)17(20)21/h2-6,15H,1H3,(H,22,23,24). The Bertz CT molecular complexity index is 991. The van der Waals surface area contributed by atoms with Crippen LogP contribution in [-0.2, 0) is 10.1 Å². The van der Waals surface area contributed by atoms with Gasteiger partial charge in [-0.3, -0.25) is 24.8 Å². The fourth-order valence-corrected chi connectivity index (χ4v) is 2.80. The molecule has 0 fully saturated rings. The quantitative estimate of drug-likeness (QED) is 0.462. The SMILES string of the molecule is Cc1ccc(Nc2cc(F)c([N+](=O)[O-])cc2[N+](=O)[O-])cc1S(=O)(=O)O. The zero-order chi connectivity index (χ0) is 18.9. The van der Waals surface area contributed by atoms with E-state index in [2.05, 4.69) is 5.32 Å². The molecule has 2 aromatic carbocycles. The Kier molecular flexibility index (Phi) is 4.67. The van der Waals surface area contributed by atoms with Crippen molar-refractivity contribution in [2.75, 3.05) is 5.32 Å². The molecule has 0 atom stereocenters. The molecule has 2 N–H and O–H groups in total. The van der Waals surface area contributed by atoms with E-state index in [9.17, 15) is 33.0 Å². The molecular formula is C13H10FN3O7S. The first kappa shape index (κ1) is 18.2. The second-order valence-corrected chi connectivity index (χ2v) is 6.31. The van der Waals surface area contributed by atoms with Crippen molar-refractivity contribution in [3.05, 3.63) is 61.9 Å². The molecule has 2 rings (SSSR count). The number of rotatable bonds is 5.